The standard InChI is InChI=1S/C23H30N2O4S/c1-15(2)29-19-10-9-17(13-20(19)28-4)16(3)24-22(26)18-7-5-11-25(14-18)23(27)21-8-6-12-30-21/h6,8-10,12-13,15-16,18H,5,7,11,14H2,1-4H3,(H,24,26). The molecule has 1 N–H and O–H groups in total. The lowest BCUT2D eigenvalue weighted by Gasteiger charge is -2.32. The Kier molecular flexibility index (Phi) is 7.37. The van der Waals surface area contributed by atoms with Crippen LogP contribution >= 0.6 is 11.3 Å². The number of ether oxygens (including phenoxy) is 2. The first-order chi connectivity index (χ1) is 14.4. The summed E-state index contributed by atoms with van der Waals surface area (Å²) in [7, 11) is 1.61. The minimum absolute atomic E-state index is 0.0148. The van der Waals surface area contributed by atoms with Crippen molar-refractivity contribution in [3.63, 3.8) is 0 Å². The SMILES string of the molecule is COc1cc(C(C)NC(=O)C2CCCN(C(=O)c3cccs3)C2)ccc1OC(C)C. The van der Waals surface area contributed by atoms with E-state index in [0.717, 1.165) is 23.3 Å². The molecule has 1 saturated heterocycles. The Hall–Kier alpha value is -2.54. The van der Waals surface area contributed by atoms with Gasteiger partial charge >= 0.3 is 0 Å². The fourth-order valence-corrected chi connectivity index (χ4v) is 4.34. The molecule has 162 valence electrons. The Balaban J connectivity index is 1.63. The summed E-state index contributed by atoms with van der Waals surface area (Å²) >= 11 is 1.44. The second-order valence-corrected chi connectivity index (χ2v) is 8.82. The maximum atomic E-state index is 12.9. The molecule has 6 nitrogen and oxygen atoms in total. The molecular weight excluding hydrogens is 400 g/mol. The zero-order chi connectivity index (χ0) is 21.7. The van der Waals surface area contributed by atoms with E-state index in [-0.39, 0.29) is 29.9 Å². The molecule has 1 fully saturated rings. The van der Waals surface area contributed by atoms with Crippen molar-refractivity contribution in [2.75, 3.05) is 20.2 Å². The quantitative estimate of drug-likeness (QED) is 0.712. The number of benzene rings is 1. The molecule has 1 aromatic carbocycles. The van der Waals surface area contributed by atoms with Crippen LogP contribution in [-0.4, -0.2) is 43.0 Å². The summed E-state index contributed by atoms with van der Waals surface area (Å²) in [5.74, 6) is 1.13. The summed E-state index contributed by atoms with van der Waals surface area (Å²) in [6.07, 6.45) is 1.67. The first kappa shape index (κ1) is 22.2. The number of nitrogens with zero attached hydrogens (tertiary/aromatic N) is 1. The number of thiophene rings is 1. The predicted octanol–water partition coefficient (Wildman–Crippen LogP) is 4.27. The molecule has 2 unspecified atom stereocenters. The first-order valence-electron chi connectivity index (χ1n) is 10.4. The number of rotatable bonds is 7. The van der Waals surface area contributed by atoms with E-state index in [2.05, 4.69) is 5.32 Å². The molecule has 1 aromatic heterocycles. The van der Waals surface area contributed by atoms with Gasteiger partial charge in [0.25, 0.3) is 5.91 Å². The summed E-state index contributed by atoms with van der Waals surface area (Å²) in [6.45, 7) is 7.04. The maximum Gasteiger partial charge on any atom is 0.263 e. The molecule has 1 aliphatic heterocycles. The van der Waals surface area contributed by atoms with Crippen LogP contribution in [0.2, 0.25) is 0 Å². The number of carbonyl (C=O) groups is 2. The van der Waals surface area contributed by atoms with Gasteiger partial charge in [-0.05, 0) is 62.8 Å². The highest BCUT2D eigenvalue weighted by atomic mass is 32.1. The van der Waals surface area contributed by atoms with Gasteiger partial charge in [0.2, 0.25) is 5.91 Å². The van der Waals surface area contributed by atoms with Crippen LogP contribution < -0.4 is 14.8 Å². The highest BCUT2D eigenvalue weighted by Gasteiger charge is 2.30. The van der Waals surface area contributed by atoms with E-state index in [4.69, 9.17) is 9.47 Å². The van der Waals surface area contributed by atoms with Gasteiger partial charge in [0, 0.05) is 13.1 Å². The van der Waals surface area contributed by atoms with Gasteiger partial charge < -0.3 is 19.7 Å². The van der Waals surface area contributed by atoms with Crippen molar-refractivity contribution in [1.82, 2.24) is 10.2 Å². The summed E-state index contributed by atoms with van der Waals surface area (Å²) < 4.78 is 11.2. The van der Waals surface area contributed by atoms with Gasteiger partial charge in [-0.25, -0.2) is 0 Å². The summed E-state index contributed by atoms with van der Waals surface area (Å²) in [5.41, 5.74) is 0.943. The van der Waals surface area contributed by atoms with Crippen LogP contribution in [0.4, 0.5) is 0 Å². The highest BCUT2D eigenvalue weighted by molar-refractivity contribution is 7.12. The lowest BCUT2D eigenvalue weighted by atomic mass is 9.96. The van der Waals surface area contributed by atoms with Crippen LogP contribution in [0.15, 0.2) is 35.7 Å². The van der Waals surface area contributed by atoms with Gasteiger partial charge in [0.1, 0.15) is 0 Å². The monoisotopic (exact) mass is 430 g/mol. The smallest absolute Gasteiger partial charge is 0.263 e. The van der Waals surface area contributed by atoms with Crippen molar-refractivity contribution in [3.8, 4) is 11.5 Å². The van der Waals surface area contributed by atoms with Crippen LogP contribution in [0.25, 0.3) is 0 Å². The molecule has 3 rings (SSSR count). The van der Waals surface area contributed by atoms with Crippen molar-refractivity contribution in [3.05, 3.63) is 46.2 Å². The number of methoxy groups -OCH3 is 1. The Bertz CT molecular complexity index is 866. The van der Waals surface area contributed by atoms with Crippen molar-refractivity contribution in [1.29, 1.82) is 0 Å². The van der Waals surface area contributed by atoms with E-state index in [1.165, 1.54) is 11.3 Å². The second kappa shape index (κ2) is 9.98. The van der Waals surface area contributed by atoms with Crippen LogP contribution in [0.3, 0.4) is 0 Å². The predicted molar refractivity (Wildman–Crippen MR) is 118 cm³/mol. The van der Waals surface area contributed by atoms with E-state index in [1.807, 2.05) is 56.5 Å². The number of carbonyl (C=O) groups excluding carboxylic acids is 2. The van der Waals surface area contributed by atoms with Gasteiger partial charge in [-0.15, -0.1) is 11.3 Å². The topological polar surface area (TPSA) is 67.9 Å². The lowest BCUT2D eigenvalue weighted by molar-refractivity contribution is -0.127. The largest absolute Gasteiger partial charge is 0.493 e. The van der Waals surface area contributed by atoms with Crippen LogP contribution in [-0.2, 0) is 4.79 Å². The van der Waals surface area contributed by atoms with Gasteiger partial charge in [0.05, 0.1) is 30.1 Å². The third kappa shape index (κ3) is 5.33. The second-order valence-electron chi connectivity index (χ2n) is 7.87. The van der Waals surface area contributed by atoms with Crippen molar-refractivity contribution in [2.45, 2.75) is 45.8 Å². The van der Waals surface area contributed by atoms with Crippen LogP contribution in [0.5, 0.6) is 11.5 Å². The van der Waals surface area contributed by atoms with Gasteiger partial charge in [-0.3, -0.25) is 9.59 Å². The minimum Gasteiger partial charge on any atom is -0.493 e. The molecule has 2 heterocycles. The number of hydrogen-bond acceptors (Lipinski definition) is 5. The van der Waals surface area contributed by atoms with E-state index in [9.17, 15) is 9.59 Å². The molecule has 0 aliphatic carbocycles. The van der Waals surface area contributed by atoms with E-state index < -0.39 is 0 Å². The molecule has 2 amide bonds. The van der Waals surface area contributed by atoms with Crippen LogP contribution in [0, 0.1) is 5.92 Å². The Labute approximate surface area is 182 Å². The molecule has 0 radical (unpaired) electrons. The zero-order valence-corrected chi connectivity index (χ0v) is 18.8. The van der Waals surface area contributed by atoms with Gasteiger partial charge in [0.15, 0.2) is 11.5 Å². The molecule has 7 heteroatoms. The fourth-order valence-electron chi connectivity index (χ4n) is 3.65. The Morgan fingerprint density at radius 3 is 2.67 bits per heavy atom. The minimum atomic E-state index is -0.199. The fraction of sp³-hybridized carbons (Fsp3) is 0.478. The van der Waals surface area contributed by atoms with Crippen molar-refractivity contribution < 1.29 is 19.1 Å². The molecule has 1 aliphatic rings. The van der Waals surface area contributed by atoms with Crippen molar-refractivity contribution in [2.24, 2.45) is 5.92 Å². The third-order valence-corrected chi connectivity index (χ3v) is 6.08. The summed E-state index contributed by atoms with van der Waals surface area (Å²) in [5, 5.41) is 5.00. The van der Waals surface area contributed by atoms with Crippen molar-refractivity contribution >= 4 is 23.2 Å². The number of nitrogens with one attached hydrogen (secondary N) is 1. The first-order valence-corrected chi connectivity index (χ1v) is 11.2. The van der Waals surface area contributed by atoms with E-state index >= 15 is 0 Å². The van der Waals surface area contributed by atoms with E-state index in [0.29, 0.717) is 24.6 Å². The maximum absolute atomic E-state index is 12.9. The molecule has 0 saturated carbocycles. The molecule has 30 heavy (non-hydrogen) atoms. The number of likely N-dealkylation sites (tertiary alicyclic amines) is 1. The zero-order valence-electron chi connectivity index (χ0n) is 18.0. The highest BCUT2D eigenvalue weighted by Crippen LogP contribution is 2.31. The van der Waals surface area contributed by atoms with Crippen LogP contribution in [0.1, 0.15) is 54.9 Å². The molecule has 2 aromatic rings. The lowest BCUT2D eigenvalue weighted by Crippen LogP contribution is -2.45. The van der Waals surface area contributed by atoms with E-state index in [1.54, 1.807) is 12.0 Å². The average Bonchev–Trinajstić information content (AvgIpc) is 3.28. The average molecular weight is 431 g/mol. The molecular formula is C23H30N2O4S. The normalized spacial score (nSPS) is 17.5. The molecule has 0 spiro atoms. The van der Waals surface area contributed by atoms with Gasteiger partial charge in [-0.2, -0.15) is 0 Å². The number of piperidine rings is 1. The molecule has 0 bridgehead atoms. The summed E-state index contributed by atoms with van der Waals surface area (Å²) in [6, 6.07) is 9.24. The molecule has 2 atom stereocenters. The summed E-state index contributed by atoms with van der Waals surface area (Å²) in [4.78, 5) is 28.1. The Morgan fingerprint density at radius 2 is 2.00 bits per heavy atom. The Morgan fingerprint density at radius 1 is 1.20 bits per heavy atom. The third-order valence-electron chi connectivity index (χ3n) is 5.22. The van der Waals surface area contributed by atoms with Gasteiger partial charge in [-0.1, -0.05) is 12.1 Å². The number of hydrogen-bond donors (Lipinski definition) is 1. The number of amides is 2.